The van der Waals surface area contributed by atoms with Gasteiger partial charge in [-0.2, -0.15) is 0 Å². The van der Waals surface area contributed by atoms with Crippen LogP contribution < -0.4 is 9.47 Å². The van der Waals surface area contributed by atoms with Crippen molar-refractivity contribution in [2.24, 2.45) is 0 Å². The van der Waals surface area contributed by atoms with E-state index in [1.807, 2.05) is 72.8 Å². The molecule has 49 heavy (non-hydrogen) atoms. The van der Waals surface area contributed by atoms with E-state index in [0.717, 1.165) is 33.4 Å². The van der Waals surface area contributed by atoms with Gasteiger partial charge in [0.25, 0.3) is 0 Å². The van der Waals surface area contributed by atoms with Crippen LogP contribution in [0.1, 0.15) is 63.7 Å². The van der Waals surface area contributed by atoms with Crippen LogP contribution in [0.25, 0.3) is 11.1 Å². The molecule has 0 N–H and O–H groups in total. The number of rotatable bonds is 6. The minimum atomic E-state index is -0.975. The number of fused-ring (bicyclic) bond motifs is 5. The summed E-state index contributed by atoms with van der Waals surface area (Å²) in [5, 5.41) is 0. The molecule has 0 unspecified atom stereocenters. The van der Waals surface area contributed by atoms with Gasteiger partial charge in [-0.15, -0.1) is 0 Å². The number of hydrogen-bond donors (Lipinski definition) is 0. The first kappa shape index (κ1) is 28.4. The van der Waals surface area contributed by atoms with Crippen molar-refractivity contribution in [1.29, 1.82) is 0 Å². The van der Waals surface area contributed by atoms with E-state index in [9.17, 15) is 19.2 Å². The highest BCUT2D eigenvalue weighted by Crippen LogP contribution is 2.59. The molecule has 0 spiro atoms. The van der Waals surface area contributed by atoms with Crippen molar-refractivity contribution in [3.05, 3.63) is 178 Å². The number of benzene rings is 6. The molecule has 8 nitrogen and oxygen atoms in total. The number of para-hydroxylation sites is 2. The van der Waals surface area contributed by atoms with Crippen molar-refractivity contribution in [3.8, 4) is 34.1 Å². The Labute approximate surface area is 279 Å². The molecular weight excluding hydrogens is 620 g/mol. The second kappa shape index (κ2) is 10.6. The minimum absolute atomic E-state index is 0.143. The van der Waals surface area contributed by atoms with Gasteiger partial charge in [-0.25, -0.2) is 19.2 Å². The Balaban J connectivity index is 1.27. The predicted octanol–water partition coefficient (Wildman–Crippen LogP) is 8.26. The van der Waals surface area contributed by atoms with Gasteiger partial charge in [-0.05, 0) is 70.8 Å². The van der Waals surface area contributed by atoms with E-state index < -0.39 is 29.3 Å². The molecule has 1 aliphatic carbocycles. The molecular formula is C41H22O8. The van der Waals surface area contributed by atoms with Crippen molar-refractivity contribution in [1.82, 2.24) is 0 Å². The number of cyclic esters (lactones) is 4. The summed E-state index contributed by atoms with van der Waals surface area (Å²) in [5.74, 6) is -1.07. The molecule has 234 valence electrons. The predicted molar refractivity (Wildman–Crippen MR) is 176 cm³/mol. The maximum absolute atomic E-state index is 12.4. The molecule has 6 aromatic rings. The van der Waals surface area contributed by atoms with Crippen LogP contribution >= 0.6 is 0 Å². The fraction of sp³-hybridized carbons (Fsp3) is 0.0244. The van der Waals surface area contributed by atoms with E-state index in [-0.39, 0.29) is 22.3 Å². The highest BCUT2D eigenvalue weighted by Gasteiger charge is 2.49. The molecule has 2 heterocycles. The smallest absolute Gasteiger partial charge is 0.347 e. The van der Waals surface area contributed by atoms with Crippen molar-refractivity contribution >= 4 is 23.9 Å². The zero-order valence-corrected chi connectivity index (χ0v) is 25.5. The fourth-order valence-corrected chi connectivity index (χ4v) is 7.20. The Morgan fingerprint density at radius 3 is 1.18 bits per heavy atom. The fourth-order valence-electron chi connectivity index (χ4n) is 7.20. The minimum Gasteiger partial charge on any atom is -0.457 e. The van der Waals surface area contributed by atoms with Gasteiger partial charge < -0.3 is 18.9 Å². The summed E-state index contributed by atoms with van der Waals surface area (Å²) in [6, 6.07) is 41.1. The molecule has 0 saturated heterocycles. The number of esters is 4. The Hall–Kier alpha value is -6.80. The van der Waals surface area contributed by atoms with E-state index >= 15 is 0 Å². The Kier molecular flexibility index (Phi) is 6.16. The van der Waals surface area contributed by atoms with Gasteiger partial charge in [-0.3, -0.25) is 0 Å². The average Bonchev–Trinajstić information content (AvgIpc) is 3.70. The molecule has 9 rings (SSSR count). The number of carbonyl (C=O) groups is 4. The number of ether oxygens (including phenoxy) is 4. The summed E-state index contributed by atoms with van der Waals surface area (Å²) in [6.07, 6.45) is 0. The standard InChI is InChI=1S/C41H22O8/c42-37-27-19-17-23(21-29(27)39(44)48-37)46-35-15-7-5-13-33(35)41(31-11-3-1-9-25(31)26-10-2-4-12-32(26)41)34-14-6-8-16-36(34)47-24-18-20-28-30(22-24)40(45)49-38(28)43/h1-22H. The summed E-state index contributed by atoms with van der Waals surface area (Å²) in [7, 11) is 0. The average molecular weight is 643 g/mol. The molecule has 0 atom stereocenters. The molecule has 0 fully saturated rings. The third kappa shape index (κ3) is 4.17. The van der Waals surface area contributed by atoms with Gasteiger partial charge in [0.1, 0.15) is 23.0 Å². The summed E-state index contributed by atoms with van der Waals surface area (Å²) >= 11 is 0. The number of carbonyl (C=O) groups excluding carboxylic acids is 4. The van der Waals surface area contributed by atoms with Crippen LogP contribution in [-0.2, 0) is 14.9 Å². The van der Waals surface area contributed by atoms with Crippen LogP contribution in [-0.4, -0.2) is 23.9 Å². The molecule has 0 aromatic heterocycles. The zero-order chi connectivity index (χ0) is 33.3. The maximum atomic E-state index is 12.4. The lowest BCUT2D eigenvalue weighted by atomic mass is 9.67. The highest BCUT2D eigenvalue weighted by molar-refractivity contribution is 6.15. The van der Waals surface area contributed by atoms with Crippen molar-refractivity contribution in [2.45, 2.75) is 5.41 Å². The van der Waals surface area contributed by atoms with Crippen LogP contribution in [0.5, 0.6) is 23.0 Å². The largest absolute Gasteiger partial charge is 0.457 e. The van der Waals surface area contributed by atoms with Crippen molar-refractivity contribution in [2.75, 3.05) is 0 Å². The Morgan fingerprint density at radius 2 is 0.735 bits per heavy atom. The van der Waals surface area contributed by atoms with Crippen molar-refractivity contribution < 1.29 is 38.1 Å². The van der Waals surface area contributed by atoms with E-state index in [0.29, 0.717) is 23.0 Å². The highest BCUT2D eigenvalue weighted by atomic mass is 16.6. The van der Waals surface area contributed by atoms with Gasteiger partial charge in [-0.1, -0.05) is 84.9 Å². The molecule has 3 aliphatic rings. The molecule has 8 heteroatoms. The van der Waals surface area contributed by atoms with Gasteiger partial charge in [0.05, 0.1) is 27.7 Å². The molecule has 0 bridgehead atoms. The first-order valence-electron chi connectivity index (χ1n) is 15.5. The van der Waals surface area contributed by atoms with Gasteiger partial charge in [0, 0.05) is 11.1 Å². The van der Waals surface area contributed by atoms with Gasteiger partial charge in [0.15, 0.2) is 0 Å². The quantitative estimate of drug-likeness (QED) is 0.132. The topological polar surface area (TPSA) is 105 Å². The molecule has 6 aromatic carbocycles. The van der Waals surface area contributed by atoms with Crippen molar-refractivity contribution in [3.63, 3.8) is 0 Å². The number of hydrogen-bond acceptors (Lipinski definition) is 8. The third-order valence-electron chi connectivity index (χ3n) is 9.22. The summed E-state index contributed by atoms with van der Waals surface area (Å²) in [4.78, 5) is 49.0. The SMILES string of the molecule is O=C1OC(=O)c2cc(Oc3ccccc3C3(c4ccccc4Oc4ccc5c(c4)C(=O)OC5=O)c4ccccc4-c4ccccc43)ccc21. The molecule has 2 aliphatic heterocycles. The van der Waals surface area contributed by atoms with Crippen LogP contribution in [0.4, 0.5) is 0 Å². The Morgan fingerprint density at radius 1 is 0.367 bits per heavy atom. The lowest BCUT2D eigenvalue weighted by Gasteiger charge is -2.36. The van der Waals surface area contributed by atoms with Crippen LogP contribution in [0, 0.1) is 0 Å². The van der Waals surface area contributed by atoms with Gasteiger partial charge >= 0.3 is 23.9 Å². The zero-order valence-electron chi connectivity index (χ0n) is 25.5. The third-order valence-corrected chi connectivity index (χ3v) is 9.22. The monoisotopic (exact) mass is 642 g/mol. The Bertz CT molecular complexity index is 2270. The summed E-state index contributed by atoms with van der Waals surface area (Å²) in [6.45, 7) is 0. The van der Waals surface area contributed by atoms with E-state index in [2.05, 4.69) is 24.3 Å². The van der Waals surface area contributed by atoms with Crippen LogP contribution in [0.15, 0.2) is 133 Å². The van der Waals surface area contributed by atoms with E-state index in [4.69, 9.17) is 18.9 Å². The first-order valence-corrected chi connectivity index (χ1v) is 15.5. The lowest BCUT2D eigenvalue weighted by molar-refractivity contribution is 0.0425. The normalized spacial score (nSPS) is 14.8. The molecule has 0 amide bonds. The summed E-state index contributed by atoms with van der Waals surface area (Å²) in [5.41, 5.74) is 5.36. The second-order valence-corrected chi connectivity index (χ2v) is 11.8. The van der Waals surface area contributed by atoms with Crippen LogP contribution in [0.2, 0.25) is 0 Å². The molecule has 0 radical (unpaired) electrons. The first-order chi connectivity index (χ1) is 23.9. The summed E-state index contributed by atoms with van der Waals surface area (Å²) < 4.78 is 22.8. The van der Waals surface area contributed by atoms with Gasteiger partial charge in [0.2, 0.25) is 0 Å². The second-order valence-electron chi connectivity index (χ2n) is 11.8. The van der Waals surface area contributed by atoms with E-state index in [1.165, 1.54) is 24.3 Å². The van der Waals surface area contributed by atoms with E-state index in [1.54, 1.807) is 12.1 Å². The lowest BCUT2D eigenvalue weighted by Crippen LogP contribution is -2.29. The maximum Gasteiger partial charge on any atom is 0.347 e. The molecule has 0 saturated carbocycles. The van der Waals surface area contributed by atoms with Crippen LogP contribution in [0.3, 0.4) is 0 Å².